The summed E-state index contributed by atoms with van der Waals surface area (Å²) in [7, 11) is 0. The molecule has 0 aromatic heterocycles. The second-order valence-electron chi connectivity index (χ2n) is 3.93. The number of hydrogen-bond acceptors (Lipinski definition) is 2. The summed E-state index contributed by atoms with van der Waals surface area (Å²) >= 11 is 5.72. The molecule has 0 aliphatic carbocycles. The van der Waals surface area contributed by atoms with Crippen LogP contribution in [0.1, 0.15) is 20.7 Å². The molecule has 0 radical (unpaired) electrons. The molecule has 2 aromatic carbocycles. The van der Waals surface area contributed by atoms with Crippen molar-refractivity contribution in [1.82, 2.24) is 0 Å². The zero-order valence-electron chi connectivity index (χ0n) is 10.1. The number of carboxylic acid groups (broad SMARTS) is 1. The minimum Gasteiger partial charge on any atom is -0.478 e. The highest BCUT2D eigenvalue weighted by molar-refractivity contribution is 6.33. The number of carbonyl (C=O) groups is 2. The van der Waals surface area contributed by atoms with E-state index in [0.29, 0.717) is 0 Å². The van der Waals surface area contributed by atoms with Gasteiger partial charge < -0.3 is 10.4 Å². The quantitative estimate of drug-likeness (QED) is 0.911. The summed E-state index contributed by atoms with van der Waals surface area (Å²) in [4.78, 5) is 22.8. The lowest BCUT2D eigenvalue weighted by molar-refractivity contribution is 0.0696. The molecule has 20 heavy (non-hydrogen) atoms. The fraction of sp³-hybridized carbons (Fsp3) is 0. The van der Waals surface area contributed by atoms with Crippen molar-refractivity contribution in [2.45, 2.75) is 0 Å². The van der Waals surface area contributed by atoms with E-state index in [1.54, 1.807) is 0 Å². The zero-order chi connectivity index (χ0) is 14.7. The van der Waals surface area contributed by atoms with Crippen molar-refractivity contribution in [3.05, 3.63) is 64.4 Å². The molecule has 0 saturated carbocycles. The first-order valence-corrected chi connectivity index (χ1v) is 5.95. The van der Waals surface area contributed by atoms with E-state index in [-0.39, 0.29) is 21.8 Å². The number of benzene rings is 2. The van der Waals surface area contributed by atoms with Gasteiger partial charge in [0.05, 0.1) is 16.1 Å². The van der Waals surface area contributed by atoms with Crippen molar-refractivity contribution < 1.29 is 19.1 Å². The van der Waals surface area contributed by atoms with Crippen LogP contribution in [0.3, 0.4) is 0 Å². The Morgan fingerprint density at radius 2 is 1.80 bits per heavy atom. The van der Waals surface area contributed by atoms with E-state index >= 15 is 0 Å². The Labute approximate surface area is 118 Å². The third-order valence-corrected chi connectivity index (χ3v) is 2.90. The smallest absolute Gasteiger partial charge is 0.337 e. The summed E-state index contributed by atoms with van der Waals surface area (Å²) in [6, 6.07) is 9.50. The van der Waals surface area contributed by atoms with Crippen molar-refractivity contribution in [2.24, 2.45) is 0 Å². The molecule has 0 bridgehead atoms. The lowest BCUT2D eigenvalue weighted by Gasteiger charge is -2.07. The second kappa shape index (κ2) is 5.71. The maximum Gasteiger partial charge on any atom is 0.337 e. The summed E-state index contributed by atoms with van der Waals surface area (Å²) in [6.45, 7) is 0. The van der Waals surface area contributed by atoms with Crippen LogP contribution >= 0.6 is 11.6 Å². The Morgan fingerprint density at radius 1 is 1.10 bits per heavy atom. The van der Waals surface area contributed by atoms with Crippen molar-refractivity contribution >= 4 is 29.2 Å². The largest absolute Gasteiger partial charge is 0.478 e. The molecule has 4 nitrogen and oxygen atoms in total. The van der Waals surface area contributed by atoms with Crippen LogP contribution in [0.5, 0.6) is 0 Å². The van der Waals surface area contributed by atoms with Gasteiger partial charge in [-0.15, -0.1) is 0 Å². The van der Waals surface area contributed by atoms with E-state index < -0.39 is 17.7 Å². The van der Waals surface area contributed by atoms with Crippen molar-refractivity contribution in [3.63, 3.8) is 0 Å². The monoisotopic (exact) mass is 293 g/mol. The molecule has 0 saturated heterocycles. The number of halogens is 2. The molecule has 2 N–H and O–H groups in total. The van der Waals surface area contributed by atoms with E-state index in [4.69, 9.17) is 16.7 Å². The number of aromatic carboxylic acids is 1. The number of amides is 1. The van der Waals surface area contributed by atoms with Gasteiger partial charge in [0.25, 0.3) is 5.91 Å². The number of rotatable bonds is 3. The third kappa shape index (κ3) is 2.95. The molecular weight excluding hydrogens is 285 g/mol. The first-order valence-electron chi connectivity index (χ1n) is 5.58. The Morgan fingerprint density at radius 3 is 2.45 bits per heavy atom. The Bertz CT molecular complexity index is 688. The van der Waals surface area contributed by atoms with Gasteiger partial charge in [-0.2, -0.15) is 0 Å². The number of hydrogen-bond donors (Lipinski definition) is 2. The molecule has 0 atom stereocenters. The van der Waals surface area contributed by atoms with Gasteiger partial charge in [-0.25, -0.2) is 9.18 Å². The predicted octanol–water partition coefficient (Wildman–Crippen LogP) is 3.43. The highest BCUT2D eigenvalue weighted by atomic mass is 35.5. The average Bonchev–Trinajstić information content (AvgIpc) is 2.41. The second-order valence-corrected chi connectivity index (χ2v) is 4.34. The Hall–Kier alpha value is -2.40. The molecule has 2 aromatic rings. The summed E-state index contributed by atoms with van der Waals surface area (Å²) < 4.78 is 13.4. The van der Waals surface area contributed by atoms with Gasteiger partial charge in [0.15, 0.2) is 0 Å². The van der Waals surface area contributed by atoms with Crippen molar-refractivity contribution in [3.8, 4) is 0 Å². The molecule has 0 heterocycles. The summed E-state index contributed by atoms with van der Waals surface area (Å²) in [6.07, 6.45) is 0. The van der Waals surface area contributed by atoms with Gasteiger partial charge in [0.1, 0.15) is 5.82 Å². The average molecular weight is 294 g/mol. The molecule has 0 aliphatic rings. The molecule has 1 amide bonds. The third-order valence-electron chi connectivity index (χ3n) is 2.57. The van der Waals surface area contributed by atoms with Crippen LogP contribution in [-0.2, 0) is 0 Å². The van der Waals surface area contributed by atoms with Gasteiger partial charge in [-0.1, -0.05) is 23.7 Å². The van der Waals surface area contributed by atoms with Crippen LogP contribution in [0.2, 0.25) is 5.02 Å². The van der Waals surface area contributed by atoms with E-state index in [1.165, 1.54) is 42.5 Å². The first-order chi connectivity index (χ1) is 9.49. The number of anilines is 1. The molecule has 0 spiro atoms. The Balaban J connectivity index is 2.27. The predicted molar refractivity (Wildman–Crippen MR) is 72.8 cm³/mol. The SMILES string of the molecule is O=C(Nc1ccc(Cl)c(C(=O)O)c1)c1ccccc1F. The lowest BCUT2D eigenvalue weighted by atomic mass is 10.1. The van der Waals surface area contributed by atoms with Gasteiger partial charge >= 0.3 is 5.97 Å². The molecule has 0 aliphatic heterocycles. The minimum atomic E-state index is -1.21. The molecule has 2 rings (SSSR count). The highest BCUT2D eigenvalue weighted by Crippen LogP contribution is 2.21. The Kier molecular flexibility index (Phi) is 4.00. The molecule has 0 unspecified atom stereocenters. The van der Waals surface area contributed by atoms with Crippen LogP contribution in [0.4, 0.5) is 10.1 Å². The standard InChI is InChI=1S/C14H9ClFNO3/c15-11-6-5-8(7-10(11)14(19)20)17-13(18)9-3-1-2-4-12(9)16/h1-7H,(H,17,18)(H,19,20). The van der Waals surface area contributed by atoms with Gasteiger partial charge in [-0.05, 0) is 30.3 Å². The zero-order valence-corrected chi connectivity index (χ0v) is 10.8. The van der Waals surface area contributed by atoms with Crippen LogP contribution < -0.4 is 5.32 Å². The van der Waals surface area contributed by atoms with Crippen LogP contribution in [0.25, 0.3) is 0 Å². The summed E-state index contributed by atoms with van der Waals surface area (Å²) in [5, 5.41) is 11.4. The lowest BCUT2D eigenvalue weighted by Crippen LogP contribution is -2.14. The van der Waals surface area contributed by atoms with Crippen molar-refractivity contribution in [2.75, 3.05) is 5.32 Å². The van der Waals surface area contributed by atoms with E-state index in [2.05, 4.69) is 5.32 Å². The molecule has 6 heteroatoms. The first kappa shape index (κ1) is 14.0. The van der Waals surface area contributed by atoms with E-state index in [1.807, 2.05) is 0 Å². The van der Waals surface area contributed by atoms with Gasteiger partial charge in [-0.3, -0.25) is 4.79 Å². The summed E-state index contributed by atoms with van der Waals surface area (Å²) in [5.74, 6) is -2.53. The maximum absolute atomic E-state index is 13.4. The van der Waals surface area contributed by atoms with Crippen LogP contribution in [-0.4, -0.2) is 17.0 Å². The van der Waals surface area contributed by atoms with Crippen LogP contribution in [0.15, 0.2) is 42.5 Å². The fourth-order valence-corrected chi connectivity index (χ4v) is 1.81. The molecule has 0 fully saturated rings. The fourth-order valence-electron chi connectivity index (χ4n) is 1.61. The number of carbonyl (C=O) groups excluding carboxylic acids is 1. The number of carboxylic acids is 1. The van der Waals surface area contributed by atoms with Crippen LogP contribution in [0, 0.1) is 5.82 Å². The van der Waals surface area contributed by atoms with E-state index in [9.17, 15) is 14.0 Å². The maximum atomic E-state index is 13.4. The van der Waals surface area contributed by atoms with Gasteiger partial charge in [0.2, 0.25) is 0 Å². The minimum absolute atomic E-state index is 0.0568. The molecule has 102 valence electrons. The van der Waals surface area contributed by atoms with Gasteiger partial charge in [0, 0.05) is 5.69 Å². The van der Waals surface area contributed by atoms with Crippen molar-refractivity contribution in [1.29, 1.82) is 0 Å². The number of nitrogens with one attached hydrogen (secondary N) is 1. The highest BCUT2D eigenvalue weighted by Gasteiger charge is 2.13. The topological polar surface area (TPSA) is 66.4 Å². The van der Waals surface area contributed by atoms with E-state index in [0.717, 1.165) is 0 Å². The normalized spacial score (nSPS) is 10.1. The summed E-state index contributed by atoms with van der Waals surface area (Å²) in [5.41, 5.74) is -0.0441. The molecular formula is C14H9ClFNO3.